The molecule has 2 aliphatic rings. The molecule has 2 heterocycles. The van der Waals surface area contributed by atoms with Gasteiger partial charge in [0.05, 0.1) is 21.3 Å². The molecular formula is C30H32F2N4O6. The number of carbonyl (C=O) groups is 2. The predicted octanol–water partition coefficient (Wildman–Crippen LogP) is 3.05. The number of aryl methyl sites for hydroxylation is 2. The number of hydrogen-bond donors (Lipinski definition) is 2. The average molecular weight is 583 g/mol. The topological polar surface area (TPSA) is 111 Å². The summed E-state index contributed by atoms with van der Waals surface area (Å²) < 4.78 is 47.5. The zero-order chi connectivity index (χ0) is 30.1. The van der Waals surface area contributed by atoms with Gasteiger partial charge in [0.25, 0.3) is 11.5 Å². The molecule has 2 aromatic carbocycles. The van der Waals surface area contributed by atoms with Crippen molar-refractivity contribution in [1.82, 2.24) is 15.2 Å². The van der Waals surface area contributed by atoms with E-state index in [-0.39, 0.29) is 29.8 Å². The Hall–Kier alpha value is -4.61. The summed E-state index contributed by atoms with van der Waals surface area (Å²) in [7, 11) is 5.74. The first-order valence-corrected chi connectivity index (χ1v) is 13.5. The second-order valence-electron chi connectivity index (χ2n) is 10.4. The maximum Gasteiger partial charge on any atom is 0.315 e. The van der Waals surface area contributed by atoms with E-state index >= 15 is 8.78 Å². The van der Waals surface area contributed by atoms with Gasteiger partial charge in [-0.05, 0) is 48.6 Å². The highest BCUT2D eigenvalue weighted by atomic mass is 19.1. The number of nitrogens with one attached hydrogen (secondary N) is 2. The summed E-state index contributed by atoms with van der Waals surface area (Å²) in [6, 6.07) is 7.06. The van der Waals surface area contributed by atoms with E-state index in [2.05, 4.69) is 10.6 Å². The molecule has 1 fully saturated rings. The summed E-state index contributed by atoms with van der Waals surface area (Å²) >= 11 is 0. The van der Waals surface area contributed by atoms with Crippen LogP contribution in [-0.2, 0) is 24.7 Å². The Kier molecular flexibility index (Phi) is 8.06. The Balaban J connectivity index is 1.44. The van der Waals surface area contributed by atoms with E-state index in [1.165, 1.54) is 38.1 Å². The summed E-state index contributed by atoms with van der Waals surface area (Å²) in [6.45, 7) is -0.280. The Morgan fingerprint density at radius 1 is 0.929 bits per heavy atom. The molecule has 3 atom stereocenters. The first-order valence-electron chi connectivity index (χ1n) is 13.5. The van der Waals surface area contributed by atoms with Crippen LogP contribution < -0.4 is 35.3 Å². The molecule has 0 radical (unpaired) electrons. The second kappa shape index (κ2) is 11.7. The van der Waals surface area contributed by atoms with Crippen molar-refractivity contribution in [1.29, 1.82) is 0 Å². The minimum absolute atomic E-state index is 0.0361. The van der Waals surface area contributed by atoms with Crippen molar-refractivity contribution in [2.45, 2.75) is 37.3 Å². The normalized spacial score (nSPS) is 19.7. The van der Waals surface area contributed by atoms with E-state index in [0.29, 0.717) is 12.8 Å². The number of hydrogen-bond acceptors (Lipinski definition) is 6. The first kappa shape index (κ1) is 28.9. The van der Waals surface area contributed by atoms with Crippen LogP contribution in [-0.4, -0.2) is 56.5 Å². The molecule has 0 spiro atoms. The maximum atomic E-state index is 15.3. The standard InChI is InChI=1S/C30H32F2N4O6/c1-35-10-9-24(42-4)27(29(35)38)36-15-21(25-22(31)13-20(41-3)14-23(25)32)26(28(36)37)34-30(39)33-18-7-5-17-12-19(40-2)8-6-16(17)11-18/h6,8-10,12-14,18,21,26H,5,7,11,15H2,1-4H3,(H2,33,34,39)/t18?,21-,26-/m0/s1. The van der Waals surface area contributed by atoms with E-state index < -0.39 is 46.7 Å². The summed E-state index contributed by atoms with van der Waals surface area (Å²) in [5.74, 6) is -2.90. The van der Waals surface area contributed by atoms with Crippen LogP contribution in [0.4, 0.5) is 19.3 Å². The molecule has 1 unspecified atom stereocenters. The molecule has 3 aromatic rings. The largest absolute Gasteiger partial charge is 0.497 e. The lowest BCUT2D eigenvalue weighted by molar-refractivity contribution is -0.118. The van der Waals surface area contributed by atoms with Crippen LogP contribution in [0.3, 0.4) is 0 Å². The number of urea groups is 1. The van der Waals surface area contributed by atoms with Gasteiger partial charge in [0.15, 0.2) is 5.69 Å². The van der Waals surface area contributed by atoms with E-state index in [4.69, 9.17) is 14.2 Å². The molecule has 10 nitrogen and oxygen atoms in total. The van der Waals surface area contributed by atoms with Gasteiger partial charge in [-0.2, -0.15) is 0 Å². The zero-order valence-corrected chi connectivity index (χ0v) is 23.7. The number of fused-ring (bicyclic) bond motifs is 1. The number of aromatic nitrogens is 1. The highest BCUT2D eigenvalue weighted by Gasteiger charge is 2.47. The highest BCUT2D eigenvalue weighted by molar-refractivity contribution is 6.03. The van der Waals surface area contributed by atoms with Crippen LogP contribution in [0, 0.1) is 11.6 Å². The lowest BCUT2D eigenvalue weighted by Gasteiger charge is -2.27. The monoisotopic (exact) mass is 582 g/mol. The van der Waals surface area contributed by atoms with Crippen LogP contribution in [0.5, 0.6) is 17.2 Å². The molecule has 5 rings (SSSR count). The predicted molar refractivity (Wildman–Crippen MR) is 151 cm³/mol. The molecule has 2 N–H and O–H groups in total. The van der Waals surface area contributed by atoms with Crippen molar-refractivity contribution < 1.29 is 32.6 Å². The number of pyridine rings is 1. The SMILES string of the molecule is COc1cc(F)c([C@@H]2CN(c3c(OC)ccn(C)c3=O)C(=O)[C@H]2NC(=O)NC2CCc3cc(OC)ccc3C2)c(F)c1. The van der Waals surface area contributed by atoms with Gasteiger partial charge in [0, 0.05) is 49.4 Å². The fraction of sp³-hybridized carbons (Fsp3) is 0.367. The maximum absolute atomic E-state index is 15.3. The molecule has 0 saturated carbocycles. The second-order valence-corrected chi connectivity index (χ2v) is 10.4. The number of carbonyl (C=O) groups excluding carboxylic acids is 2. The van der Waals surface area contributed by atoms with Crippen molar-refractivity contribution in [3.63, 3.8) is 0 Å². The smallest absolute Gasteiger partial charge is 0.315 e. The van der Waals surface area contributed by atoms with Crippen LogP contribution in [0.2, 0.25) is 0 Å². The highest BCUT2D eigenvalue weighted by Crippen LogP contribution is 2.38. The fourth-order valence-electron chi connectivity index (χ4n) is 5.75. The lowest BCUT2D eigenvalue weighted by Crippen LogP contribution is -2.51. The van der Waals surface area contributed by atoms with E-state index in [1.54, 1.807) is 7.11 Å². The van der Waals surface area contributed by atoms with Crippen LogP contribution in [0.25, 0.3) is 0 Å². The van der Waals surface area contributed by atoms with E-state index in [1.807, 2.05) is 18.2 Å². The third kappa shape index (κ3) is 5.36. The molecule has 3 amide bonds. The van der Waals surface area contributed by atoms with Gasteiger partial charge in [-0.3, -0.25) is 9.59 Å². The fourth-order valence-corrected chi connectivity index (χ4v) is 5.75. The van der Waals surface area contributed by atoms with Gasteiger partial charge in [-0.25, -0.2) is 13.6 Å². The number of nitrogens with zero attached hydrogens (tertiary/aromatic N) is 2. The first-order chi connectivity index (χ1) is 20.1. The minimum atomic E-state index is -1.38. The summed E-state index contributed by atoms with van der Waals surface area (Å²) in [4.78, 5) is 41.3. The van der Waals surface area contributed by atoms with Gasteiger partial charge in [0.1, 0.15) is 34.9 Å². The molecule has 1 aliphatic carbocycles. The van der Waals surface area contributed by atoms with Crippen molar-refractivity contribution in [3.05, 3.63) is 81.3 Å². The summed E-state index contributed by atoms with van der Waals surface area (Å²) in [5, 5.41) is 5.55. The Morgan fingerprint density at radius 2 is 1.64 bits per heavy atom. The molecule has 42 heavy (non-hydrogen) atoms. The van der Waals surface area contributed by atoms with Gasteiger partial charge in [-0.15, -0.1) is 0 Å². The number of ether oxygens (including phenoxy) is 3. The molecular weight excluding hydrogens is 550 g/mol. The van der Waals surface area contributed by atoms with Gasteiger partial charge < -0.3 is 34.3 Å². The van der Waals surface area contributed by atoms with Gasteiger partial charge >= 0.3 is 6.03 Å². The van der Waals surface area contributed by atoms with E-state index in [0.717, 1.165) is 40.3 Å². The Labute approximate surface area is 241 Å². The van der Waals surface area contributed by atoms with Crippen molar-refractivity contribution in [2.24, 2.45) is 7.05 Å². The summed E-state index contributed by atoms with van der Waals surface area (Å²) in [6.07, 6.45) is 3.42. The Bertz CT molecular complexity index is 1570. The number of benzene rings is 2. The van der Waals surface area contributed by atoms with Gasteiger partial charge in [-0.1, -0.05) is 6.07 Å². The molecule has 0 bridgehead atoms. The third-order valence-electron chi connectivity index (χ3n) is 7.93. The molecule has 1 saturated heterocycles. The molecule has 1 aliphatic heterocycles. The van der Waals surface area contributed by atoms with Crippen LogP contribution >= 0.6 is 0 Å². The van der Waals surface area contributed by atoms with Crippen molar-refractivity contribution >= 4 is 17.6 Å². The quantitative estimate of drug-likeness (QED) is 0.443. The molecule has 1 aromatic heterocycles. The van der Waals surface area contributed by atoms with Crippen LogP contribution in [0.1, 0.15) is 29.0 Å². The number of rotatable bonds is 7. The average Bonchev–Trinajstić information content (AvgIpc) is 3.27. The zero-order valence-electron chi connectivity index (χ0n) is 23.7. The molecule has 12 heteroatoms. The minimum Gasteiger partial charge on any atom is -0.497 e. The van der Waals surface area contributed by atoms with Crippen molar-refractivity contribution in [3.8, 4) is 17.2 Å². The molecule has 222 valence electrons. The third-order valence-corrected chi connectivity index (χ3v) is 7.93. The van der Waals surface area contributed by atoms with E-state index in [9.17, 15) is 14.4 Å². The number of halogens is 2. The number of amides is 3. The number of anilines is 1. The van der Waals surface area contributed by atoms with Crippen molar-refractivity contribution in [2.75, 3.05) is 32.8 Å². The Morgan fingerprint density at radius 3 is 2.31 bits per heavy atom. The lowest BCUT2D eigenvalue weighted by atomic mass is 9.88. The number of methoxy groups -OCH3 is 3. The summed E-state index contributed by atoms with van der Waals surface area (Å²) in [5.41, 5.74) is 1.18. The van der Waals surface area contributed by atoms with Gasteiger partial charge in [0.2, 0.25) is 0 Å². The van der Waals surface area contributed by atoms with Crippen LogP contribution in [0.15, 0.2) is 47.4 Å².